The van der Waals surface area contributed by atoms with E-state index in [2.05, 4.69) is 26.1 Å². The molecule has 112 valence electrons. The first-order chi connectivity index (χ1) is 9.35. The van der Waals surface area contributed by atoms with Crippen LogP contribution in [-0.4, -0.2) is 17.6 Å². The van der Waals surface area contributed by atoms with Crippen LogP contribution < -0.4 is 5.32 Å². The van der Waals surface area contributed by atoms with Crippen LogP contribution in [0.5, 0.6) is 0 Å². The van der Waals surface area contributed by atoms with Crippen molar-refractivity contribution in [3.8, 4) is 0 Å². The fourth-order valence-corrected chi connectivity index (χ4v) is 2.27. The molecule has 0 saturated heterocycles. The van der Waals surface area contributed by atoms with Gasteiger partial charge in [0.15, 0.2) is 0 Å². The number of nitrogens with one attached hydrogen (secondary N) is 1. The van der Waals surface area contributed by atoms with Gasteiger partial charge in [0.25, 0.3) is 0 Å². The van der Waals surface area contributed by atoms with E-state index in [-0.39, 0.29) is 5.41 Å². The summed E-state index contributed by atoms with van der Waals surface area (Å²) < 4.78 is 0. The predicted octanol–water partition coefficient (Wildman–Crippen LogP) is 4.71. The number of carboxylic acid groups (broad SMARTS) is 1. The first-order valence-electron chi connectivity index (χ1n) is 7.43. The average Bonchev–Trinajstić information content (AvgIpc) is 2.37. The summed E-state index contributed by atoms with van der Waals surface area (Å²) in [5.74, 6) is -0.875. The fraction of sp³-hybridized carbons (Fsp3) is 0.588. The quantitative estimate of drug-likeness (QED) is 0.676. The van der Waals surface area contributed by atoms with E-state index in [0.717, 1.165) is 18.5 Å². The number of benzene rings is 1. The van der Waals surface area contributed by atoms with Crippen molar-refractivity contribution < 1.29 is 9.90 Å². The maximum absolute atomic E-state index is 11.3. The van der Waals surface area contributed by atoms with Crippen molar-refractivity contribution in [2.75, 3.05) is 11.9 Å². The van der Waals surface area contributed by atoms with Crippen LogP contribution in [0.25, 0.3) is 0 Å². The molecule has 1 rings (SSSR count). The number of aromatic carboxylic acids is 1. The molecule has 0 heterocycles. The topological polar surface area (TPSA) is 49.3 Å². The van der Waals surface area contributed by atoms with Crippen LogP contribution >= 0.6 is 0 Å². The maximum Gasteiger partial charge on any atom is 0.337 e. The van der Waals surface area contributed by atoms with Gasteiger partial charge in [0, 0.05) is 12.2 Å². The molecule has 0 bridgehead atoms. The molecule has 0 amide bonds. The number of carboxylic acids is 1. The summed E-state index contributed by atoms with van der Waals surface area (Å²) >= 11 is 0. The van der Waals surface area contributed by atoms with Crippen molar-refractivity contribution in [2.45, 2.75) is 53.4 Å². The number of anilines is 1. The lowest BCUT2D eigenvalue weighted by molar-refractivity contribution is 0.0697. The molecular weight excluding hydrogens is 250 g/mol. The SMILES string of the molecule is CCCCCC(C)(C)CNc1ccc(C)cc1C(=O)O. The predicted molar refractivity (Wildman–Crippen MR) is 84.6 cm³/mol. The van der Waals surface area contributed by atoms with E-state index < -0.39 is 5.97 Å². The molecule has 0 spiro atoms. The molecular formula is C17H27NO2. The van der Waals surface area contributed by atoms with Crippen molar-refractivity contribution in [1.82, 2.24) is 0 Å². The van der Waals surface area contributed by atoms with Crippen molar-refractivity contribution >= 4 is 11.7 Å². The molecule has 0 radical (unpaired) electrons. The largest absolute Gasteiger partial charge is 0.478 e. The molecule has 0 aliphatic rings. The molecule has 0 aliphatic heterocycles. The van der Waals surface area contributed by atoms with E-state index in [9.17, 15) is 9.90 Å². The molecule has 0 atom stereocenters. The monoisotopic (exact) mass is 277 g/mol. The van der Waals surface area contributed by atoms with Gasteiger partial charge < -0.3 is 10.4 Å². The number of unbranched alkanes of at least 4 members (excludes halogenated alkanes) is 2. The Morgan fingerprint density at radius 1 is 1.30 bits per heavy atom. The summed E-state index contributed by atoms with van der Waals surface area (Å²) in [6.45, 7) is 9.36. The molecule has 0 aliphatic carbocycles. The minimum absolute atomic E-state index is 0.176. The number of hydrogen-bond donors (Lipinski definition) is 2. The highest BCUT2D eigenvalue weighted by molar-refractivity contribution is 5.94. The number of carbonyl (C=O) groups is 1. The third kappa shape index (κ3) is 5.24. The molecule has 1 aromatic rings. The van der Waals surface area contributed by atoms with Gasteiger partial charge in [-0.25, -0.2) is 4.79 Å². The Balaban J connectivity index is 2.67. The van der Waals surface area contributed by atoms with Gasteiger partial charge in [-0.15, -0.1) is 0 Å². The Morgan fingerprint density at radius 2 is 2.00 bits per heavy atom. The summed E-state index contributed by atoms with van der Waals surface area (Å²) in [5, 5.41) is 12.6. The Hall–Kier alpha value is -1.51. The van der Waals surface area contributed by atoms with E-state index in [4.69, 9.17) is 0 Å². The third-order valence-corrected chi connectivity index (χ3v) is 3.62. The van der Waals surface area contributed by atoms with Crippen molar-refractivity contribution in [3.63, 3.8) is 0 Å². The lowest BCUT2D eigenvalue weighted by Crippen LogP contribution is -2.24. The lowest BCUT2D eigenvalue weighted by Gasteiger charge is -2.26. The minimum Gasteiger partial charge on any atom is -0.478 e. The van der Waals surface area contributed by atoms with Crippen molar-refractivity contribution in [1.29, 1.82) is 0 Å². The summed E-state index contributed by atoms with van der Waals surface area (Å²) in [4.78, 5) is 11.3. The highest BCUT2D eigenvalue weighted by Crippen LogP contribution is 2.26. The van der Waals surface area contributed by atoms with Gasteiger partial charge in [0.2, 0.25) is 0 Å². The zero-order valence-electron chi connectivity index (χ0n) is 13.1. The molecule has 0 unspecified atom stereocenters. The molecule has 0 saturated carbocycles. The van der Waals surface area contributed by atoms with Crippen LogP contribution in [0.2, 0.25) is 0 Å². The van der Waals surface area contributed by atoms with E-state index in [0.29, 0.717) is 11.3 Å². The van der Waals surface area contributed by atoms with Crippen LogP contribution in [0, 0.1) is 12.3 Å². The zero-order chi connectivity index (χ0) is 15.2. The summed E-state index contributed by atoms with van der Waals surface area (Å²) in [6.07, 6.45) is 4.87. The van der Waals surface area contributed by atoms with Crippen LogP contribution in [0.3, 0.4) is 0 Å². The van der Waals surface area contributed by atoms with Crippen molar-refractivity contribution in [2.24, 2.45) is 5.41 Å². The first-order valence-corrected chi connectivity index (χ1v) is 7.43. The second-order valence-corrected chi connectivity index (χ2v) is 6.33. The van der Waals surface area contributed by atoms with Crippen LogP contribution in [0.1, 0.15) is 62.4 Å². The highest BCUT2D eigenvalue weighted by atomic mass is 16.4. The number of aryl methyl sites for hydroxylation is 1. The van der Waals surface area contributed by atoms with Crippen LogP contribution in [0.15, 0.2) is 18.2 Å². The molecule has 0 aromatic heterocycles. The second-order valence-electron chi connectivity index (χ2n) is 6.33. The Kier molecular flexibility index (Phi) is 6.05. The smallest absolute Gasteiger partial charge is 0.337 e. The normalized spacial score (nSPS) is 11.4. The molecule has 0 fully saturated rings. The van der Waals surface area contributed by atoms with Crippen LogP contribution in [-0.2, 0) is 0 Å². The fourth-order valence-electron chi connectivity index (χ4n) is 2.27. The summed E-state index contributed by atoms with van der Waals surface area (Å²) in [5.41, 5.74) is 2.21. The van der Waals surface area contributed by atoms with E-state index >= 15 is 0 Å². The van der Waals surface area contributed by atoms with Gasteiger partial charge in [-0.2, -0.15) is 0 Å². The third-order valence-electron chi connectivity index (χ3n) is 3.62. The highest BCUT2D eigenvalue weighted by Gasteiger charge is 2.18. The van der Waals surface area contributed by atoms with Gasteiger partial charge >= 0.3 is 5.97 Å². The summed E-state index contributed by atoms with van der Waals surface area (Å²) in [6, 6.07) is 5.52. The van der Waals surface area contributed by atoms with Gasteiger partial charge in [-0.1, -0.05) is 51.7 Å². The van der Waals surface area contributed by atoms with E-state index in [1.165, 1.54) is 19.3 Å². The molecule has 20 heavy (non-hydrogen) atoms. The molecule has 2 N–H and O–H groups in total. The van der Waals surface area contributed by atoms with Gasteiger partial charge in [0.1, 0.15) is 0 Å². The summed E-state index contributed by atoms with van der Waals surface area (Å²) in [7, 11) is 0. The average molecular weight is 277 g/mol. The Bertz CT molecular complexity index is 452. The molecule has 3 heteroatoms. The Morgan fingerprint density at radius 3 is 2.60 bits per heavy atom. The van der Waals surface area contributed by atoms with E-state index in [1.807, 2.05) is 19.1 Å². The van der Waals surface area contributed by atoms with Gasteiger partial charge in [-0.05, 0) is 30.9 Å². The lowest BCUT2D eigenvalue weighted by atomic mass is 9.86. The molecule has 3 nitrogen and oxygen atoms in total. The van der Waals surface area contributed by atoms with Gasteiger partial charge in [-0.3, -0.25) is 0 Å². The molecule has 1 aromatic carbocycles. The maximum atomic E-state index is 11.3. The van der Waals surface area contributed by atoms with Crippen LogP contribution in [0.4, 0.5) is 5.69 Å². The van der Waals surface area contributed by atoms with E-state index in [1.54, 1.807) is 6.07 Å². The first kappa shape index (κ1) is 16.5. The zero-order valence-corrected chi connectivity index (χ0v) is 13.1. The minimum atomic E-state index is -0.875. The van der Waals surface area contributed by atoms with Crippen molar-refractivity contribution in [3.05, 3.63) is 29.3 Å². The Labute approximate surface area is 122 Å². The number of hydrogen-bond acceptors (Lipinski definition) is 2. The second kappa shape index (κ2) is 7.32. The van der Waals surface area contributed by atoms with Gasteiger partial charge in [0.05, 0.1) is 5.56 Å². The standard InChI is InChI=1S/C17H27NO2/c1-5-6-7-10-17(3,4)12-18-15-9-8-13(2)11-14(15)16(19)20/h8-9,11,18H,5-7,10,12H2,1-4H3,(H,19,20). The number of rotatable bonds is 8.